The molecule has 4 nitrogen and oxygen atoms in total. The summed E-state index contributed by atoms with van der Waals surface area (Å²) in [6.45, 7) is 2.42. The van der Waals surface area contributed by atoms with Crippen molar-refractivity contribution in [3.63, 3.8) is 0 Å². The highest BCUT2D eigenvalue weighted by Crippen LogP contribution is 2.49. The van der Waals surface area contributed by atoms with Crippen LogP contribution in [-0.4, -0.2) is 32.5 Å². The molecular weight excluding hydrogens is 176 g/mol. The van der Waals surface area contributed by atoms with Crippen molar-refractivity contribution in [2.45, 2.75) is 18.6 Å². The Hall–Kier alpha value is -0.130. The van der Waals surface area contributed by atoms with Gasteiger partial charge in [-0.15, -0.1) is 0 Å². The molecule has 72 valence electrons. The van der Waals surface area contributed by atoms with Crippen LogP contribution in [0.2, 0.25) is 0 Å². The molecule has 1 unspecified atom stereocenters. The van der Waals surface area contributed by atoms with Crippen LogP contribution in [0.15, 0.2) is 0 Å². The van der Waals surface area contributed by atoms with E-state index in [2.05, 4.69) is 0 Å². The highest BCUT2D eigenvalue weighted by Gasteiger charge is 2.58. The SMILES string of the molecule is CCS(=O)(=O)C1CC1(CN)CN. The highest BCUT2D eigenvalue weighted by atomic mass is 32.2. The average molecular weight is 192 g/mol. The van der Waals surface area contributed by atoms with Gasteiger partial charge in [0.25, 0.3) is 0 Å². The van der Waals surface area contributed by atoms with Crippen LogP contribution >= 0.6 is 0 Å². The zero-order valence-corrected chi connectivity index (χ0v) is 8.10. The Morgan fingerprint density at radius 3 is 2.17 bits per heavy atom. The third-order valence-corrected chi connectivity index (χ3v) is 5.10. The summed E-state index contributed by atoms with van der Waals surface area (Å²) >= 11 is 0. The fourth-order valence-electron chi connectivity index (χ4n) is 1.53. The van der Waals surface area contributed by atoms with Gasteiger partial charge in [0, 0.05) is 24.3 Å². The van der Waals surface area contributed by atoms with E-state index in [9.17, 15) is 8.42 Å². The Bertz CT molecular complexity index is 257. The van der Waals surface area contributed by atoms with Crippen molar-refractivity contribution < 1.29 is 8.42 Å². The maximum atomic E-state index is 11.4. The maximum Gasteiger partial charge on any atom is 0.153 e. The van der Waals surface area contributed by atoms with Crippen molar-refractivity contribution >= 4 is 9.84 Å². The van der Waals surface area contributed by atoms with Gasteiger partial charge in [-0.3, -0.25) is 0 Å². The summed E-state index contributed by atoms with van der Waals surface area (Å²) in [7, 11) is -2.92. The van der Waals surface area contributed by atoms with E-state index in [-0.39, 0.29) is 16.4 Å². The van der Waals surface area contributed by atoms with E-state index in [1.807, 2.05) is 0 Å². The molecule has 0 radical (unpaired) electrons. The zero-order chi connectivity index (χ0) is 9.41. The molecule has 0 aromatic heterocycles. The van der Waals surface area contributed by atoms with Gasteiger partial charge in [-0.25, -0.2) is 8.42 Å². The molecule has 1 aliphatic carbocycles. The van der Waals surface area contributed by atoms with E-state index in [0.717, 1.165) is 0 Å². The molecule has 1 saturated carbocycles. The van der Waals surface area contributed by atoms with Crippen LogP contribution in [-0.2, 0) is 9.84 Å². The average Bonchev–Trinajstić information content (AvgIpc) is 2.80. The van der Waals surface area contributed by atoms with Gasteiger partial charge in [-0.1, -0.05) is 6.92 Å². The predicted molar refractivity (Wildman–Crippen MR) is 48.4 cm³/mol. The predicted octanol–water partition coefficient (Wildman–Crippen LogP) is -0.903. The van der Waals surface area contributed by atoms with Gasteiger partial charge in [-0.05, 0) is 6.42 Å². The molecule has 0 aliphatic heterocycles. The Balaban J connectivity index is 2.74. The van der Waals surface area contributed by atoms with E-state index in [4.69, 9.17) is 11.5 Å². The monoisotopic (exact) mass is 192 g/mol. The van der Waals surface area contributed by atoms with E-state index in [0.29, 0.717) is 19.5 Å². The van der Waals surface area contributed by atoms with E-state index >= 15 is 0 Å². The molecule has 1 atom stereocenters. The van der Waals surface area contributed by atoms with Gasteiger partial charge >= 0.3 is 0 Å². The van der Waals surface area contributed by atoms with Crippen LogP contribution in [0.25, 0.3) is 0 Å². The summed E-state index contributed by atoms with van der Waals surface area (Å²) in [6, 6.07) is 0. The Labute approximate surface area is 73.2 Å². The second-order valence-corrected chi connectivity index (χ2v) is 5.89. The molecule has 1 fully saturated rings. The molecular formula is C7H16N2O2S. The lowest BCUT2D eigenvalue weighted by atomic mass is 10.1. The van der Waals surface area contributed by atoms with E-state index in [1.165, 1.54) is 0 Å². The van der Waals surface area contributed by atoms with Gasteiger partial charge in [0.2, 0.25) is 0 Å². The summed E-state index contributed by atoms with van der Waals surface area (Å²) in [4.78, 5) is 0. The molecule has 0 aromatic carbocycles. The Morgan fingerprint density at radius 2 is 1.92 bits per heavy atom. The summed E-state index contributed by atoms with van der Waals surface area (Å²) in [5.74, 6) is 0.194. The van der Waals surface area contributed by atoms with Crippen LogP contribution in [0.4, 0.5) is 0 Å². The Kier molecular flexibility index (Phi) is 2.47. The van der Waals surface area contributed by atoms with Crippen molar-refractivity contribution in [1.82, 2.24) is 0 Å². The molecule has 0 spiro atoms. The normalized spacial score (nSPS) is 27.1. The third kappa shape index (κ3) is 1.36. The van der Waals surface area contributed by atoms with Gasteiger partial charge in [0.15, 0.2) is 9.84 Å². The van der Waals surface area contributed by atoms with Crippen molar-refractivity contribution in [3.8, 4) is 0 Å². The molecule has 4 N–H and O–H groups in total. The standard InChI is InChI=1S/C7H16N2O2S/c1-2-12(10,11)6-3-7(6,4-8)5-9/h6H,2-5,8-9H2,1H3. The molecule has 0 bridgehead atoms. The minimum absolute atomic E-state index is 0.194. The lowest BCUT2D eigenvalue weighted by Crippen LogP contribution is -2.31. The molecule has 0 heterocycles. The van der Waals surface area contributed by atoms with E-state index in [1.54, 1.807) is 6.92 Å². The van der Waals surface area contributed by atoms with E-state index < -0.39 is 9.84 Å². The first-order chi connectivity index (χ1) is 5.52. The van der Waals surface area contributed by atoms with Gasteiger partial charge < -0.3 is 11.5 Å². The number of hydrogen-bond donors (Lipinski definition) is 2. The Morgan fingerprint density at radius 1 is 1.42 bits per heavy atom. The fourth-order valence-corrected chi connectivity index (χ4v) is 3.47. The highest BCUT2D eigenvalue weighted by molar-refractivity contribution is 7.92. The molecule has 1 aliphatic rings. The van der Waals surface area contributed by atoms with Gasteiger partial charge in [-0.2, -0.15) is 0 Å². The second-order valence-electron chi connectivity index (χ2n) is 3.41. The lowest BCUT2D eigenvalue weighted by molar-refractivity contribution is 0.526. The molecule has 0 aromatic rings. The first-order valence-corrected chi connectivity index (χ1v) is 5.85. The summed E-state index contributed by atoms with van der Waals surface area (Å²) in [6.07, 6.45) is 0.649. The molecule has 0 saturated heterocycles. The van der Waals surface area contributed by atoms with Crippen molar-refractivity contribution in [2.24, 2.45) is 16.9 Å². The lowest BCUT2D eigenvalue weighted by Gasteiger charge is -2.10. The largest absolute Gasteiger partial charge is 0.330 e. The molecule has 12 heavy (non-hydrogen) atoms. The number of rotatable bonds is 4. The van der Waals surface area contributed by atoms with Crippen molar-refractivity contribution in [2.75, 3.05) is 18.8 Å². The molecule has 0 amide bonds. The van der Waals surface area contributed by atoms with Crippen LogP contribution in [0.1, 0.15) is 13.3 Å². The second kappa shape index (κ2) is 2.97. The number of nitrogens with two attached hydrogens (primary N) is 2. The fraction of sp³-hybridized carbons (Fsp3) is 1.00. The number of hydrogen-bond acceptors (Lipinski definition) is 4. The van der Waals surface area contributed by atoms with Crippen LogP contribution in [0, 0.1) is 5.41 Å². The first kappa shape index (κ1) is 9.95. The first-order valence-electron chi connectivity index (χ1n) is 4.14. The third-order valence-electron chi connectivity index (χ3n) is 2.76. The number of sulfone groups is 1. The smallest absolute Gasteiger partial charge is 0.153 e. The summed E-state index contributed by atoms with van der Waals surface area (Å²) in [5.41, 5.74) is 10.7. The minimum Gasteiger partial charge on any atom is -0.330 e. The van der Waals surface area contributed by atoms with Crippen LogP contribution in [0.3, 0.4) is 0 Å². The topological polar surface area (TPSA) is 86.2 Å². The van der Waals surface area contributed by atoms with Crippen molar-refractivity contribution in [3.05, 3.63) is 0 Å². The quantitative estimate of drug-likeness (QED) is 0.604. The molecule has 1 rings (SSSR count). The summed E-state index contributed by atoms with van der Waals surface area (Å²) in [5, 5.41) is -0.273. The van der Waals surface area contributed by atoms with Crippen LogP contribution < -0.4 is 11.5 Å². The minimum atomic E-state index is -2.92. The zero-order valence-electron chi connectivity index (χ0n) is 7.29. The summed E-state index contributed by atoms with van der Waals surface area (Å²) < 4.78 is 22.8. The van der Waals surface area contributed by atoms with Gasteiger partial charge in [0.1, 0.15) is 0 Å². The maximum absolute atomic E-state index is 11.4. The van der Waals surface area contributed by atoms with Crippen molar-refractivity contribution in [1.29, 1.82) is 0 Å². The van der Waals surface area contributed by atoms with Crippen LogP contribution in [0.5, 0.6) is 0 Å². The molecule has 5 heteroatoms. The van der Waals surface area contributed by atoms with Gasteiger partial charge in [0.05, 0.1) is 5.25 Å².